The maximum atomic E-state index is 15.1. The van der Waals surface area contributed by atoms with Gasteiger partial charge in [0.2, 0.25) is 17.7 Å². The summed E-state index contributed by atoms with van der Waals surface area (Å²) in [4.78, 5) is 60.3. The first-order valence-electron chi connectivity index (χ1n) is 17.1. The second-order valence-electron chi connectivity index (χ2n) is 15.3. The van der Waals surface area contributed by atoms with Gasteiger partial charge in [-0.2, -0.15) is 0 Å². The van der Waals surface area contributed by atoms with Crippen molar-refractivity contribution in [2.75, 3.05) is 26.3 Å². The van der Waals surface area contributed by atoms with Crippen LogP contribution in [0.25, 0.3) is 0 Å². The number of cyclic esters (lactones) is 1. The molecular weight excluding hydrogens is 678 g/mol. The number of hydrogen-bond donors (Lipinski definition) is 2. The number of benzene rings is 1. The zero-order valence-electron chi connectivity index (χ0n) is 28.7. The van der Waals surface area contributed by atoms with Crippen molar-refractivity contribution in [2.45, 2.75) is 102 Å². The number of aliphatic hydroxyl groups is 1. The smallest absolute Gasteiger partial charge is 0.306 e. The number of carbonyl (C=O) groups excluding carboxylic acids is 4. The van der Waals surface area contributed by atoms with Crippen molar-refractivity contribution in [2.24, 2.45) is 17.3 Å². The molecular formula is C37H50BrN3O7. The molecule has 0 aliphatic carbocycles. The lowest BCUT2D eigenvalue weighted by molar-refractivity contribution is -0.152. The van der Waals surface area contributed by atoms with Crippen molar-refractivity contribution < 1.29 is 33.8 Å². The van der Waals surface area contributed by atoms with Crippen LogP contribution in [0.3, 0.4) is 0 Å². The van der Waals surface area contributed by atoms with Crippen molar-refractivity contribution in [3.05, 3.63) is 58.6 Å². The van der Waals surface area contributed by atoms with Crippen LogP contribution in [0, 0.1) is 17.3 Å². The molecule has 1 aromatic carbocycles. The Bertz CT molecular complexity index is 1440. The van der Waals surface area contributed by atoms with E-state index in [1.807, 2.05) is 67.3 Å². The topological polar surface area (TPSA) is 125 Å². The molecule has 2 saturated heterocycles. The van der Waals surface area contributed by atoms with Gasteiger partial charge in [0.25, 0.3) is 0 Å². The van der Waals surface area contributed by atoms with Crippen molar-refractivity contribution in [1.82, 2.24) is 15.1 Å². The first-order chi connectivity index (χ1) is 22.7. The van der Waals surface area contributed by atoms with E-state index in [9.17, 15) is 19.5 Å². The van der Waals surface area contributed by atoms with E-state index in [0.717, 1.165) is 5.56 Å². The summed E-state index contributed by atoms with van der Waals surface area (Å²) >= 11 is 3.65. The van der Waals surface area contributed by atoms with Crippen LogP contribution < -0.4 is 5.32 Å². The molecule has 1 aromatic rings. The summed E-state index contributed by atoms with van der Waals surface area (Å²) in [6.45, 7) is 11.0. The van der Waals surface area contributed by atoms with Gasteiger partial charge in [-0.3, -0.25) is 19.2 Å². The van der Waals surface area contributed by atoms with E-state index in [4.69, 9.17) is 9.47 Å². The maximum Gasteiger partial charge on any atom is 0.306 e. The van der Waals surface area contributed by atoms with Gasteiger partial charge in [-0.15, -0.1) is 0 Å². The second-order valence-corrected chi connectivity index (χ2v) is 16.2. The average molecular weight is 729 g/mol. The number of likely N-dealkylation sites (tertiary alicyclic amines) is 1. The largest absolute Gasteiger partial charge is 0.463 e. The number of amides is 3. The number of hydrogen-bond acceptors (Lipinski definition) is 7. The number of halogens is 1. The predicted octanol–water partition coefficient (Wildman–Crippen LogP) is 4.82. The molecule has 262 valence electrons. The van der Waals surface area contributed by atoms with E-state index in [1.165, 1.54) is 0 Å². The zero-order valence-corrected chi connectivity index (χ0v) is 30.3. The summed E-state index contributed by atoms with van der Waals surface area (Å²) in [6, 6.07) is 7.65. The van der Waals surface area contributed by atoms with E-state index in [-0.39, 0.29) is 49.4 Å². The fourth-order valence-electron chi connectivity index (χ4n) is 8.20. The molecule has 0 aromatic heterocycles. The average Bonchev–Trinajstić information content (AvgIpc) is 3.60. The highest BCUT2D eigenvalue weighted by Gasteiger charge is 2.74. The standard InChI is InChI=1S/C37H50BrN3O7/c1-35(2,3)23-36(4,5)41-19-13-7-11-17-27(43)47-22-26(24-15-9-6-10-16-24)39-32(44)28-29-33(45)40(18-12-8-14-20-42)31(34(41)46)37(29)21-25(38)30(28)48-37/h6-7,9-10,13,15-16,21,26,28-31,42H,8,11-12,14,17-20,22-23H2,1-5H3,(H,39,44)/b13-7-/t26-,28-,29+,30-,31-,37+/m0/s1. The molecule has 5 rings (SSSR count). The van der Waals surface area contributed by atoms with Gasteiger partial charge in [0, 0.05) is 36.1 Å². The monoisotopic (exact) mass is 727 g/mol. The van der Waals surface area contributed by atoms with Crippen LogP contribution in [0.5, 0.6) is 0 Å². The van der Waals surface area contributed by atoms with Crippen LogP contribution in [0.2, 0.25) is 0 Å². The van der Waals surface area contributed by atoms with Crippen molar-refractivity contribution in [1.29, 1.82) is 0 Å². The summed E-state index contributed by atoms with van der Waals surface area (Å²) in [5.41, 5.74) is -1.30. The fourth-order valence-corrected chi connectivity index (χ4v) is 8.94. The molecule has 5 bridgehead atoms. The highest BCUT2D eigenvalue weighted by molar-refractivity contribution is 9.11. The van der Waals surface area contributed by atoms with Crippen LogP contribution in [-0.4, -0.2) is 88.2 Å². The number of nitrogens with one attached hydrogen (secondary N) is 1. The lowest BCUT2D eigenvalue weighted by atomic mass is 9.73. The van der Waals surface area contributed by atoms with Gasteiger partial charge in [0.05, 0.1) is 17.9 Å². The third kappa shape index (κ3) is 7.28. The minimum atomic E-state index is -1.35. The number of esters is 1. The van der Waals surface area contributed by atoms with Gasteiger partial charge in [-0.1, -0.05) is 79.2 Å². The Morgan fingerprint density at radius 3 is 2.42 bits per heavy atom. The fraction of sp³-hybridized carbons (Fsp3) is 0.622. The number of ether oxygens (including phenoxy) is 2. The Morgan fingerprint density at radius 2 is 1.73 bits per heavy atom. The number of aliphatic hydroxyl groups excluding tert-OH is 1. The summed E-state index contributed by atoms with van der Waals surface area (Å²) < 4.78 is 13.0. The SMILES string of the molecule is CC(C)(C)CC(C)(C)N1C/C=C\CCC(=O)OC[C@@H](c2ccccc2)NC(=O)[C@@H]2[C@H]3O[C@@]4(C=C3Br)[C@H](C1=O)N(CCCCCO)C(=O)[C@@H]24. The molecule has 2 fully saturated rings. The van der Waals surface area contributed by atoms with E-state index >= 15 is 4.79 Å². The number of rotatable bonds is 8. The minimum Gasteiger partial charge on any atom is -0.463 e. The minimum absolute atomic E-state index is 0.0462. The van der Waals surface area contributed by atoms with Gasteiger partial charge in [-0.05, 0) is 63.0 Å². The van der Waals surface area contributed by atoms with Crippen molar-refractivity contribution >= 4 is 39.6 Å². The van der Waals surface area contributed by atoms with Crippen LogP contribution in [0.1, 0.15) is 84.7 Å². The molecule has 0 unspecified atom stereocenters. The quantitative estimate of drug-likeness (QED) is 0.224. The lowest BCUT2D eigenvalue weighted by Gasteiger charge is -2.45. The summed E-state index contributed by atoms with van der Waals surface area (Å²) in [5, 5.41) is 12.5. The van der Waals surface area contributed by atoms with Crippen LogP contribution >= 0.6 is 15.9 Å². The molecule has 0 radical (unpaired) electrons. The third-order valence-corrected chi connectivity index (χ3v) is 10.6. The molecule has 48 heavy (non-hydrogen) atoms. The Labute approximate surface area is 292 Å². The number of carbonyl (C=O) groups is 4. The molecule has 4 aliphatic heterocycles. The Balaban J connectivity index is 1.60. The van der Waals surface area contributed by atoms with Crippen LogP contribution in [0.15, 0.2) is 53.0 Å². The summed E-state index contributed by atoms with van der Waals surface area (Å²) in [6.07, 6.45) is 8.03. The zero-order chi connectivity index (χ0) is 34.9. The molecule has 4 aliphatic rings. The molecule has 0 saturated carbocycles. The number of nitrogens with zero attached hydrogens (tertiary/aromatic N) is 2. The van der Waals surface area contributed by atoms with E-state index in [2.05, 4.69) is 42.0 Å². The Kier molecular flexibility index (Phi) is 10.9. The first kappa shape index (κ1) is 36.3. The van der Waals surface area contributed by atoms with Gasteiger partial charge >= 0.3 is 5.97 Å². The highest BCUT2D eigenvalue weighted by Crippen LogP contribution is 2.59. The van der Waals surface area contributed by atoms with E-state index in [0.29, 0.717) is 43.1 Å². The van der Waals surface area contributed by atoms with Gasteiger partial charge in [-0.25, -0.2) is 0 Å². The summed E-state index contributed by atoms with van der Waals surface area (Å²) in [5.74, 6) is -3.16. The van der Waals surface area contributed by atoms with Crippen molar-refractivity contribution in [3.63, 3.8) is 0 Å². The highest BCUT2D eigenvalue weighted by atomic mass is 79.9. The maximum absolute atomic E-state index is 15.1. The predicted molar refractivity (Wildman–Crippen MR) is 185 cm³/mol. The second kappa shape index (κ2) is 14.5. The molecule has 10 nitrogen and oxygen atoms in total. The number of unbranched alkanes of at least 4 members (excludes halogenated alkanes) is 2. The van der Waals surface area contributed by atoms with Gasteiger partial charge in [0.1, 0.15) is 24.4 Å². The van der Waals surface area contributed by atoms with Gasteiger partial charge in [0.15, 0.2) is 0 Å². The molecule has 4 heterocycles. The van der Waals surface area contributed by atoms with Gasteiger partial charge < -0.3 is 29.7 Å². The molecule has 3 amide bonds. The number of fused-ring (bicyclic) bond motifs is 2. The molecule has 11 heteroatoms. The normalized spacial score (nSPS) is 30.6. The first-order valence-corrected chi connectivity index (χ1v) is 17.9. The number of allylic oxidation sites excluding steroid dienone is 1. The van der Waals surface area contributed by atoms with Crippen molar-refractivity contribution in [3.8, 4) is 0 Å². The molecule has 1 spiro atoms. The van der Waals surface area contributed by atoms with E-state index in [1.54, 1.807) is 4.90 Å². The Morgan fingerprint density at radius 1 is 1.00 bits per heavy atom. The third-order valence-electron chi connectivity index (χ3n) is 9.88. The Hall–Kier alpha value is -3.02. The molecule has 2 N–H and O–H groups in total. The summed E-state index contributed by atoms with van der Waals surface area (Å²) in [7, 11) is 0. The lowest BCUT2D eigenvalue weighted by Crippen LogP contribution is -2.60. The van der Waals surface area contributed by atoms with Crippen LogP contribution in [0.4, 0.5) is 0 Å². The molecule has 6 atom stereocenters. The van der Waals surface area contributed by atoms with E-state index < -0.39 is 47.1 Å². The van der Waals surface area contributed by atoms with Crippen LogP contribution in [-0.2, 0) is 28.7 Å².